The van der Waals surface area contributed by atoms with Gasteiger partial charge in [0.25, 0.3) is 5.91 Å². The normalized spacial score (nSPS) is 11.4. The van der Waals surface area contributed by atoms with E-state index in [1.165, 1.54) is 10.5 Å². The number of anilines is 1. The zero-order valence-electron chi connectivity index (χ0n) is 16.2. The number of nitrogens with one attached hydrogen (secondary N) is 1. The summed E-state index contributed by atoms with van der Waals surface area (Å²) in [6.45, 7) is 0.202. The summed E-state index contributed by atoms with van der Waals surface area (Å²) in [5, 5.41) is 4.44. The average molecular weight is 442 g/mol. The Morgan fingerprint density at radius 3 is 2.27 bits per heavy atom. The number of hydrogen-bond donors (Lipinski definition) is 1. The van der Waals surface area contributed by atoms with E-state index in [0.717, 1.165) is 11.8 Å². The molecule has 1 N–H and O–H groups in total. The molecule has 0 bridgehead atoms. The first-order chi connectivity index (χ1) is 14.3. The number of amides is 1. The standard InChI is InChI=1S/C22H20ClN3O3S/c1-30(28,29)26(16-17-7-3-2-4-8-17)20-13-11-18(12-14-20)22(27)25-24-15-19-9-5-6-10-21(19)23/h2-15H,16H2,1H3,(H,25,27)/b24-15+. The van der Waals surface area contributed by atoms with E-state index in [4.69, 9.17) is 11.6 Å². The Labute approximate surface area is 180 Å². The minimum absolute atomic E-state index is 0.202. The second-order valence-electron chi connectivity index (χ2n) is 6.52. The first-order valence-electron chi connectivity index (χ1n) is 9.04. The van der Waals surface area contributed by atoms with Gasteiger partial charge in [-0.25, -0.2) is 13.8 Å². The van der Waals surface area contributed by atoms with Crippen molar-refractivity contribution < 1.29 is 13.2 Å². The molecule has 0 aliphatic carbocycles. The van der Waals surface area contributed by atoms with E-state index >= 15 is 0 Å². The summed E-state index contributed by atoms with van der Waals surface area (Å²) < 4.78 is 25.8. The highest BCUT2D eigenvalue weighted by molar-refractivity contribution is 7.92. The monoisotopic (exact) mass is 441 g/mol. The smallest absolute Gasteiger partial charge is 0.267 e. The van der Waals surface area contributed by atoms with Crippen molar-refractivity contribution in [3.63, 3.8) is 0 Å². The molecule has 0 radical (unpaired) electrons. The van der Waals surface area contributed by atoms with Crippen molar-refractivity contribution in [2.24, 2.45) is 5.10 Å². The van der Waals surface area contributed by atoms with Crippen molar-refractivity contribution in [1.82, 2.24) is 5.43 Å². The minimum atomic E-state index is -3.50. The third kappa shape index (κ3) is 5.68. The van der Waals surface area contributed by atoms with Crippen LogP contribution in [0.5, 0.6) is 0 Å². The van der Waals surface area contributed by atoms with Gasteiger partial charge in [-0.15, -0.1) is 0 Å². The van der Waals surface area contributed by atoms with E-state index in [0.29, 0.717) is 21.8 Å². The summed E-state index contributed by atoms with van der Waals surface area (Å²) in [5.74, 6) is -0.418. The maximum absolute atomic E-state index is 12.3. The van der Waals surface area contributed by atoms with Crippen LogP contribution in [0, 0.1) is 0 Å². The van der Waals surface area contributed by atoms with Gasteiger partial charge in [0.1, 0.15) is 0 Å². The third-order valence-electron chi connectivity index (χ3n) is 4.26. The second kappa shape index (κ2) is 9.56. The molecule has 6 nitrogen and oxygen atoms in total. The van der Waals surface area contributed by atoms with Crippen molar-refractivity contribution in [3.8, 4) is 0 Å². The molecule has 1 amide bonds. The lowest BCUT2D eigenvalue weighted by Crippen LogP contribution is -2.29. The first-order valence-corrected chi connectivity index (χ1v) is 11.3. The maximum atomic E-state index is 12.3. The van der Waals surface area contributed by atoms with Crippen LogP contribution >= 0.6 is 11.6 Å². The van der Waals surface area contributed by atoms with Gasteiger partial charge in [0.2, 0.25) is 10.0 Å². The number of carbonyl (C=O) groups is 1. The van der Waals surface area contributed by atoms with Crippen LogP contribution in [-0.2, 0) is 16.6 Å². The van der Waals surface area contributed by atoms with E-state index in [1.54, 1.807) is 42.5 Å². The lowest BCUT2D eigenvalue weighted by atomic mass is 10.2. The van der Waals surface area contributed by atoms with Crippen LogP contribution in [-0.4, -0.2) is 26.8 Å². The fourth-order valence-corrected chi connectivity index (χ4v) is 3.81. The number of sulfonamides is 1. The molecule has 0 saturated carbocycles. The van der Waals surface area contributed by atoms with Crippen LogP contribution in [0.15, 0.2) is 84.0 Å². The van der Waals surface area contributed by atoms with Crippen molar-refractivity contribution >= 4 is 39.4 Å². The van der Waals surface area contributed by atoms with Gasteiger partial charge in [0.15, 0.2) is 0 Å². The van der Waals surface area contributed by atoms with Crippen molar-refractivity contribution in [3.05, 3.63) is 101 Å². The summed E-state index contributed by atoms with van der Waals surface area (Å²) in [5.41, 5.74) is 4.79. The highest BCUT2D eigenvalue weighted by Crippen LogP contribution is 2.21. The lowest BCUT2D eigenvalue weighted by Gasteiger charge is -2.22. The summed E-state index contributed by atoms with van der Waals surface area (Å²) in [6, 6.07) is 22.7. The zero-order chi connectivity index (χ0) is 21.6. The number of hydrazone groups is 1. The Balaban J connectivity index is 1.72. The van der Waals surface area contributed by atoms with E-state index in [9.17, 15) is 13.2 Å². The Morgan fingerprint density at radius 2 is 1.63 bits per heavy atom. The fourth-order valence-electron chi connectivity index (χ4n) is 2.73. The largest absolute Gasteiger partial charge is 0.271 e. The number of benzene rings is 3. The molecule has 3 aromatic rings. The van der Waals surface area contributed by atoms with E-state index in [-0.39, 0.29) is 6.54 Å². The highest BCUT2D eigenvalue weighted by Gasteiger charge is 2.18. The molecule has 0 fully saturated rings. The number of rotatable bonds is 7. The molecular weight excluding hydrogens is 422 g/mol. The predicted molar refractivity (Wildman–Crippen MR) is 120 cm³/mol. The Bertz CT molecular complexity index is 1150. The molecule has 8 heteroatoms. The molecule has 0 spiro atoms. The zero-order valence-corrected chi connectivity index (χ0v) is 17.8. The molecule has 154 valence electrons. The van der Waals surface area contributed by atoms with E-state index in [1.807, 2.05) is 36.4 Å². The Morgan fingerprint density at radius 1 is 1.00 bits per heavy atom. The molecule has 0 aliphatic rings. The van der Waals surface area contributed by atoms with Crippen LogP contribution < -0.4 is 9.73 Å². The average Bonchev–Trinajstić information content (AvgIpc) is 2.73. The summed E-state index contributed by atoms with van der Waals surface area (Å²) in [7, 11) is -3.50. The molecule has 3 rings (SSSR count). The van der Waals surface area contributed by atoms with Crippen LogP contribution in [0.1, 0.15) is 21.5 Å². The fraction of sp³-hybridized carbons (Fsp3) is 0.0909. The highest BCUT2D eigenvalue weighted by atomic mass is 35.5. The van der Waals surface area contributed by atoms with Gasteiger partial charge in [-0.1, -0.05) is 60.1 Å². The number of halogens is 1. The summed E-state index contributed by atoms with van der Waals surface area (Å²) in [4.78, 5) is 12.3. The Kier molecular flexibility index (Phi) is 6.87. The SMILES string of the molecule is CS(=O)(=O)N(Cc1ccccc1)c1ccc(C(=O)N/N=C/c2ccccc2Cl)cc1. The van der Waals surface area contributed by atoms with Crippen LogP contribution in [0.2, 0.25) is 5.02 Å². The van der Waals surface area contributed by atoms with Gasteiger partial charge in [0, 0.05) is 16.1 Å². The van der Waals surface area contributed by atoms with Crippen LogP contribution in [0.4, 0.5) is 5.69 Å². The van der Waals surface area contributed by atoms with Crippen LogP contribution in [0.25, 0.3) is 0 Å². The minimum Gasteiger partial charge on any atom is -0.267 e. The van der Waals surface area contributed by atoms with Gasteiger partial charge in [-0.2, -0.15) is 5.10 Å². The Hall–Kier alpha value is -3.16. The van der Waals surface area contributed by atoms with Crippen molar-refractivity contribution in [2.75, 3.05) is 10.6 Å². The maximum Gasteiger partial charge on any atom is 0.271 e. The van der Waals surface area contributed by atoms with Crippen LogP contribution in [0.3, 0.4) is 0 Å². The van der Waals surface area contributed by atoms with E-state index in [2.05, 4.69) is 10.5 Å². The topological polar surface area (TPSA) is 78.8 Å². The molecule has 0 heterocycles. The second-order valence-corrected chi connectivity index (χ2v) is 8.84. The number of carbonyl (C=O) groups excluding carboxylic acids is 1. The number of hydrogen-bond acceptors (Lipinski definition) is 4. The molecule has 30 heavy (non-hydrogen) atoms. The van der Waals surface area contributed by atoms with Gasteiger partial charge in [-0.05, 0) is 35.9 Å². The molecule has 0 saturated heterocycles. The molecule has 0 atom stereocenters. The van der Waals surface area contributed by atoms with Gasteiger partial charge >= 0.3 is 0 Å². The summed E-state index contributed by atoms with van der Waals surface area (Å²) in [6.07, 6.45) is 2.61. The molecular formula is C22H20ClN3O3S. The third-order valence-corrected chi connectivity index (χ3v) is 5.75. The molecule has 0 aromatic heterocycles. The predicted octanol–water partition coefficient (Wildman–Crippen LogP) is 4.07. The van der Waals surface area contributed by atoms with Crippen molar-refractivity contribution in [1.29, 1.82) is 0 Å². The van der Waals surface area contributed by atoms with E-state index < -0.39 is 15.9 Å². The molecule has 0 unspecified atom stereocenters. The quantitative estimate of drug-likeness (QED) is 0.443. The molecule has 0 aliphatic heterocycles. The van der Waals surface area contributed by atoms with Gasteiger partial charge in [0.05, 0.1) is 24.7 Å². The van der Waals surface area contributed by atoms with Gasteiger partial charge in [-0.3, -0.25) is 9.10 Å². The lowest BCUT2D eigenvalue weighted by molar-refractivity contribution is 0.0955. The molecule has 3 aromatic carbocycles. The summed E-state index contributed by atoms with van der Waals surface area (Å²) >= 11 is 6.04. The van der Waals surface area contributed by atoms with Crippen molar-refractivity contribution in [2.45, 2.75) is 6.54 Å². The number of nitrogens with zero attached hydrogens (tertiary/aromatic N) is 2. The first kappa shape index (κ1) is 21.5. The van der Waals surface area contributed by atoms with Gasteiger partial charge < -0.3 is 0 Å².